The zero-order valence-electron chi connectivity index (χ0n) is 13.6. The van der Waals surface area contributed by atoms with Gasteiger partial charge in [0.2, 0.25) is 0 Å². The minimum Gasteiger partial charge on any atom is -0.496 e. The number of imidazole rings is 1. The molecule has 2 N–H and O–H groups in total. The van der Waals surface area contributed by atoms with Gasteiger partial charge in [0, 0.05) is 42.8 Å². The van der Waals surface area contributed by atoms with Crippen molar-refractivity contribution in [2.45, 2.75) is 19.5 Å². The first-order chi connectivity index (χ1) is 11.2. The van der Waals surface area contributed by atoms with E-state index in [1.165, 1.54) is 0 Å². The second-order valence-corrected chi connectivity index (χ2v) is 5.47. The van der Waals surface area contributed by atoms with Gasteiger partial charge in [0.05, 0.1) is 19.3 Å². The Hall–Kier alpha value is -2.60. The van der Waals surface area contributed by atoms with Gasteiger partial charge in [-0.1, -0.05) is 18.2 Å². The van der Waals surface area contributed by atoms with Gasteiger partial charge in [0.15, 0.2) is 0 Å². The Morgan fingerprint density at radius 3 is 2.83 bits per heavy atom. The summed E-state index contributed by atoms with van der Waals surface area (Å²) >= 11 is 0. The van der Waals surface area contributed by atoms with Crippen molar-refractivity contribution in [3.05, 3.63) is 65.5 Å². The molecule has 2 aromatic heterocycles. The molecule has 0 fully saturated rings. The molecule has 23 heavy (non-hydrogen) atoms. The summed E-state index contributed by atoms with van der Waals surface area (Å²) in [4.78, 5) is 4.51. The normalized spacial score (nSPS) is 12.3. The van der Waals surface area contributed by atoms with E-state index in [9.17, 15) is 0 Å². The fourth-order valence-electron chi connectivity index (χ4n) is 2.67. The maximum atomic E-state index is 5.53. The van der Waals surface area contributed by atoms with Crippen LogP contribution in [0, 0.1) is 6.92 Å². The number of rotatable bonds is 6. The lowest BCUT2D eigenvalue weighted by Crippen LogP contribution is -2.25. The third-order valence-electron chi connectivity index (χ3n) is 4.00. The van der Waals surface area contributed by atoms with Crippen LogP contribution in [0.4, 0.5) is 0 Å². The average molecular weight is 311 g/mol. The van der Waals surface area contributed by atoms with Crippen LogP contribution in [0.2, 0.25) is 0 Å². The van der Waals surface area contributed by atoms with E-state index in [1.807, 2.05) is 55.3 Å². The summed E-state index contributed by atoms with van der Waals surface area (Å²) in [7, 11) is 3.68. The molecule has 0 spiro atoms. The highest BCUT2D eigenvalue weighted by Crippen LogP contribution is 2.29. The third-order valence-corrected chi connectivity index (χ3v) is 4.00. The van der Waals surface area contributed by atoms with E-state index in [1.54, 1.807) is 7.11 Å². The van der Waals surface area contributed by atoms with E-state index in [2.05, 4.69) is 26.6 Å². The molecule has 0 saturated heterocycles. The number of hydrogen-bond acceptors (Lipinski definition) is 4. The highest BCUT2D eigenvalue weighted by atomic mass is 16.5. The molecule has 1 aromatic carbocycles. The Bertz CT molecular complexity index is 777. The van der Waals surface area contributed by atoms with Gasteiger partial charge in [-0.25, -0.2) is 4.98 Å². The monoisotopic (exact) mass is 311 g/mol. The minimum atomic E-state index is -0.0690. The average Bonchev–Trinajstić information content (AvgIpc) is 3.17. The van der Waals surface area contributed by atoms with Crippen LogP contribution >= 0.6 is 0 Å². The molecule has 1 atom stereocenters. The van der Waals surface area contributed by atoms with Crippen LogP contribution in [0.15, 0.2) is 42.9 Å². The Labute approximate surface area is 135 Å². The van der Waals surface area contributed by atoms with E-state index in [0.717, 1.165) is 28.4 Å². The quantitative estimate of drug-likeness (QED) is 0.733. The summed E-state index contributed by atoms with van der Waals surface area (Å²) in [6.45, 7) is 2.71. The van der Waals surface area contributed by atoms with Gasteiger partial charge in [-0.3, -0.25) is 10.4 Å². The van der Waals surface area contributed by atoms with Crippen LogP contribution < -0.4 is 10.1 Å². The molecule has 0 amide bonds. The maximum absolute atomic E-state index is 5.53. The first kappa shape index (κ1) is 15.3. The molecule has 0 unspecified atom stereocenters. The standard InChI is InChI=1S/C17H21N5O/c1-12-13(11-20-21-12)10-19-16(17-18-8-9-22(17)2)14-6-4-5-7-15(14)23-3/h4-9,11,16,19H,10H2,1-3H3,(H,20,21)/t16-/m1/s1. The molecule has 3 aromatic rings. The van der Waals surface area contributed by atoms with Crippen LogP contribution in [0.25, 0.3) is 0 Å². The molecule has 2 heterocycles. The topological polar surface area (TPSA) is 67.8 Å². The van der Waals surface area contributed by atoms with Gasteiger partial charge in [0.1, 0.15) is 11.6 Å². The molecule has 0 radical (unpaired) electrons. The number of benzene rings is 1. The largest absolute Gasteiger partial charge is 0.496 e. The maximum Gasteiger partial charge on any atom is 0.130 e. The van der Waals surface area contributed by atoms with Gasteiger partial charge < -0.3 is 9.30 Å². The fourth-order valence-corrected chi connectivity index (χ4v) is 2.67. The number of aromatic amines is 1. The Morgan fingerprint density at radius 2 is 2.17 bits per heavy atom. The zero-order valence-corrected chi connectivity index (χ0v) is 13.6. The van der Waals surface area contributed by atoms with E-state index in [0.29, 0.717) is 6.54 Å². The summed E-state index contributed by atoms with van der Waals surface area (Å²) in [5.74, 6) is 1.78. The molecule has 3 rings (SSSR count). The van der Waals surface area contributed by atoms with Gasteiger partial charge in [-0.15, -0.1) is 0 Å². The van der Waals surface area contributed by atoms with E-state index in [-0.39, 0.29) is 6.04 Å². The van der Waals surface area contributed by atoms with Gasteiger partial charge in [0.25, 0.3) is 0 Å². The SMILES string of the molecule is COc1ccccc1[C@@H](NCc1cn[nH]c1C)c1nccn1C. The summed E-state index contributed by atoms with van der Waals surface area (Å²) in [5.41, 5.74) is 3.26. The van der Waals surface area contributed by atoms with Crippen LogP contribution in [-0.2, 0) is 13.6 Å². The second-order valence-electron chi connectivity index (χ2n) is 5.47. The Kier molecular flexibility index (Phi) is 4.43. The number of ether oxygens (including phenoxy) is 1. The predicted molar refractivity (Wildman–Crippen MR) is 88.2 cm³/mol. The number of hydrogen-bond donors (Lipinski definition) is 2. The molecular formula is C17H21N5O. The molecule has 6 heteroatoms. The van der Waals surface area contributed by atoms with E-state index in [4.69, 9.17) is 4.74 Å². The van der Waals surface area contributed by atoms with Gasteiger partial charge >= 0.3 is 0 Å². The Balaban J connectivity index is 1.94. The highest BCUT2D eigenvalue weighted by molar-refractivity contribution is 5.39. The molecule has 0 saturated carbocycles. The fraction of sp³-hybridized carbons (Fsp3) is 0.294. The van der Waals surface area contributed by atoms with Gasteiger partial charge in [-0.2, -0.15) is 5.10 Å². The van der Waals surface area contributed by atoms with Crippen molar-refractivity contribution in [3.63, 3.8) is 0 Å². The van der Waals surface area contributed by atoms with Crippen LogP contribution in [0.3, 0.4) is 0 Å². The van der Waals surface area contributed by atoms with Crippen molar-refractivity contribution in [2.75, 3.05) is 7.11 Å². The number of H-pyrrole nitrogens is 1. The first-order valence-corrected chi connectivity index (χ1v) is 7.53. The van der Waals surface area contributed by atoms with Crippen LogP contribution in [0.5, 0.6) is 5.75 Å². The van der Waals surface area contributed by atoms with Crippen LogP contribution in [-0.4, -0.2) is 26.9 Å². The van der Waals surface area contributed by atoms with Crippen molar-refractivity contribution in [2.24, 2.45) is 7.05 Å². The second kappa shape index (κ2) is 6.66. The molecule has 6 nitrogen and oxygen atoms in total. The first-order valence-electron chi connectivity index (χ1n) is 7.53. The molecule has 120 valence electrons. The Morgan fingerprint density at radius 1 is 1.35 bits per heavy atom. The highest BCUT2D eigenvalue weighted by Gasteiger charge is 2.21. The lowest BCUT2D eigenvalue weighted by Gasteiger charge is -2.21. The van der Waals surface area contributed by atoms with Crippen LogP contribution in [0.1, 0.15) is 28.7 Å². The number of aryl methyl sites for hydroxylation is 2. The van der Waals surface area contributed by atoms with E-state index >= 15 is 0 Å². The zero-order chi connectivity index (χ0) is 16.2. The molecular weight excluding hydrogens is 290 g/mol. The summed E-state index contributed by atoms with van der Waals surface area (Å²) in [6, 6.07) is 7.94. The van der Waals surface area contributed by atoms with Crippen molar-refractivity contribution >= 4 is 0 Å². The number of para-hydroxylation sites is 1. The lowest BCUT2D eigenvalue weighted by atomic mass is 10.0. The van der Waals surface area contributed by atoms with E-state index < -0.39 is 0 Å². The van der Waals surface area contributed by atoms with Gasteiger partial charge in [-0.05, 0) is 13.0 Å². The van der Waals surface area contributed by atoms with Crippen molar-refractivity contribution in [1.82, 2.24) is 25.1 Å². The molecule has 0 aliphatic heterocycles. The molecule has 0 aliphatic carbocycles. The predicted octanol–water partition coefficient (Wildman–Crippen LogP) is 2.34. The molecule has 0 bridgehead atoms. The minimum absolute atomic E-state index is 0.0690. The molecule has 0 aliphatic rings. The number of aromatic nitrogens is 4. The summed E-state index contributed by atoms with van der Waals surface area (Å²) in [6.07, 6.45) is 5.60. The third kappa shape index (κ3) is 3.12. The van der Waals surface area contributed by atoms with Crippen molar-refractivity contribution in [3.8, 4) is 5.75 Å². The number of methoxy groups -OCH3 is 1. The lowest BCUT2D eigenvalue weighted by molar-refractivity contribution is 0.401. The number of nitrogens with zero attached hydrogens (tertiary/aromatic N) is 3. The smallest absolute Gasteiger partial charge is 0.130 e. The number of nitrogens with one attached hydrogen (secondary N) is 2. The van der Waals surface area contributed by atoms with Crippen molar-refractivity contribution < 1.29 is 4.74 Å². The summed E-state index contributed by atoms with van der Waals surface area (Å²) in [5, 5.41) is 10.6. The summed E-state index contributed by atoms with van der Waals surface area (Å²) < 4.78 is 7.55. The van der Waals surface area contributed by atoms with Crippen molar-refractivity contribution in [1.29, 1.82) is 0 Å².